The summed E-state index contributed by atoms with van der Waals surface area (Å²) < 4.78 is 27.4. The minimum absolute atomic E-state index is 0.298. The Morgan fingerprint density at radius 3 is 2.60 bits per heavy atom. The lowest BCUT2D eigenvalue weighted by molar-refractivity contribution is 0.416. The first kappa shape index (κ1) is 15.3. The van der Waals surface area contributed by atoms with E-state index in [1.165, 1.54) is 0 Å². The fourth-order valence-electron chi connectivity index (χ4n) is 2.76. The lowest BCUT2D eigenvalue weighted by Crippen LogP contribution is -2.33. The van der Waals surface area contributed by atoms with Gasteiger partial charge in [0.25, 0.3) is 0 Å². The summed E-state index contributed by atoms with van der Waals surface area (Å²) in [5, 5.41) is 0. The van der Waals surface area contributed by atoms with Crippen molar-refractivity contribution < 1.29 is 8.42 Å². The smallest absolute Gasteiger partial charge is 0.245 e. The summed E-state index contributed by atoms with van der Waals surface area (Å²) in [6.45, 7) is 7.12. The lowest BCUT2D eigenvalue weighted by Gasteiger charge is -2.23. The van der Waals surface area contributed by atoms with Gasteiger partial charge in [0.05, 0.1) is 5.69 Å². The second-order valence-electron chi connectivity index (χ2n) is 5.87. The molecule has 1 heterocycles. The first-order valence-corrected chi connectivity index (χ1v) is 8.64. The quantitative estimate of drug-likeness (QED) is 0.853. The van der Waals surface area contributed by atoms with E-state index < -0.39 is 10.0 Å². The standard InChI is InChI=1S/C15H24N2O2S/c1-11-5-4-9-17(10-8-11)20(18,19)15-13(3)12(2)6-7-14(15)16/h6-7,11H,4-5,8-10,16H2,1-3H3. The minimum atomic E-state index is -3.48. The molecule has 1 fully saturated rings. The number of anilines is 1. The third-order valence-electron chi connectivity index (χ3n) is 4.28. The highest BCUT2D eigenvalue weighted by atomic mass is 32.2. The number of benzene rings is 1. The summed E-state index contributed by atoms with van der Waals surface area (Å²) in [6.07, 6.45) is 2.93. The molecular formula is C15H24N2O2S. The average Bonchev–Trinajstić information content (AvgIpc) is 2.59. The van der Waals surface area contributed by atoms with Crippen LogP contribution >= 0.6 is 0 Å². The second-order valence-corrected chi connectivity index (χ2v) is 7.74. The molecule has 0 aromatic heterocycles. The van der Waals surface area contributed by atoms with Gasteiger partial charge < -0.3 is 5.73 Å². The van der Waals surface area contributed by atoms with Gasteiger partial charge in [-0.15, -0.1) is 0 Å². The zero-order chi connectivity index (χ0) is 14.9. The van der Waals surface area contributed by atoms with Crippen molar-refractivity contribution in [2.45, 2.75) is 44.9 Å². The van der Waals surface area contributed by atoms with Crippen molar-refractivity contribution in [2.24, 2.45) is 5.92 Å². The van der Waals surface area contributed by atoms with E-state index in [0.717, 1.165) is 30.4 Å². The average molecular weight is 296 g/mol. The third-order valence-corrected chi connectivity index (χ3v) is 6.38. The van der Waals surface area contributed by atoms with E-state index in [1.807, 2.05) is 19.9 Å². The van der Waals surface area contributed by atoms with E-state index in [-0.39, 0.29) is 0 Å². The maximum absolute atomic E-state index is 12.9. The van der Waals surface area contributed by atoms with Gasteiger partial charge in [-0.25, -0.2) is 8.42 Å². The van der Waals surface area contributed by atoms with Gasteiger partial charge in [0.1, 0.15) is 4.90 Å². The SMILES string of the molecule is Cc1ccc(N)c(S(=O)(=O)N2CCCC(C)CC2)c1C. The van der Waals surface area contributed by atoms with Crippen molar-refractivity contribution in [1.82, 2.24) is 4.31 Å². The van der Waals surface area contributed by atoms with E-state index in [1.54, 1.807) is 10.4 Å². The molecule has 4 nitrogen and oxygen atoms in total. The van der Waals surface area contributed by atoms with Gasteiger partial charge in [-0.1, -0.05) is 13.0 Å². The molecule has 0 spiro atoms. The molecule has 0 radical (unpaired) electrons. The van der Waals surface area contributed by atoms with Gasteiger partial charge in [-0.05, 0) is 56.2 Å². The molecule has 1 aliphatic heterocycles. The number of hydrogen-bond donors (Lipinski definition) is 1. The summed E-state index contributed by atoms with van der Waals surface area (Å²) in [7, 11) is -3.48. The molecule has 2 N–H and O–H groups in total. The van der Waals surface area contributed by atoms with Gasteiger partial charge in [0.15, 0.2) is 0 Å². The highest BCUT2D eigenvalue weighted by molar-refractivity contribution is 7.89. The van der Waals surface area contributed by atoms with Crippen LogP contribution in [0.25, 0.3) is 0 Å². The highest BCUT2D eigenvalue weighted by Gasteiger charge is 2.30. The van der Waals surface area contributed by atoms with Crippen molar-refractivity contribution in [2.75, 3.05) is 18.8 Å². The summed E-state index contributed by atoms with van der Waals surface area (Å²) in [5.74, 6) is 0.589. The van der Waals surface area contributed by atoms with E-state index >= 15 is 0 Å². The maximum atomic E-state index is 12.9. The molecular weight excluding hydrogens is 272 g/mol. The summed E-state index contributed by atoms with van der Waals surface area (Å²) in [5.41, 5.74) is 8.02. The van der Waals surface area contributed by atoms with Crippen molar-refractivity contribution in [3.63, 3.8) is 0 Å². The van der Waals surface area contributed by atoms with Crippen LogP contribution < -0.4 is 5.73 Å². The Balaban J connectivity index is 2.43. The fourth-order valence-corrected chi connectivity index (χ4v) is 4.65. The Kier molecular flexibility index (Phi) is 4.39. The molecule has 0 aliphatic carbocycles. The van der Waals surface area contributed by atoms with Gasteiger partial charge >= 0.3 is 0 Å². The first-order valence-electron chi connectivity index (χ1n) is 7.20. The zero-order valence-corrected chi connectivity index (χ0v) is 13.3. The van der Waals surface area contributed by atoms with Gasteiger partial charge in [0, 0.05) is 13.1 Å². The third kappa shape index (κ3) is 2.83. The summed E-state index contributed by atoms with van der Waals surface area (Å²) >= 11 is 0. The van der Waals surface area contributed by atoms with Gasteiger partial charge in [0.2, 0.25) is 10.0 Å². The van der Waals surface area contributed by atoms with Crippen LogP contribution in [0.3, 0.4) is 0 Å². The number of nitrogens with zero attached hydrogens (tertiary/aromatic N) is 1. The zero-order valence-electron chi connectivity index (χ0n) is 12.5. The normalized spacial score (nSPS) is 21.6. The number of sulfonamides is 1. The molecule has 5 heteroatoms. The van der Waals surface area contributed by atoms with Crippen molar-refractivity contribution in [3.05, 3.63) is 23.3 Å². The van der Waals surface area contributed by atoms with Gasteiger partial charge in [-0.2, -0.15) is 4.31 Å². The van der Waals surface area contributed by atoms with E-state index in [2.05, 4.69) is 6.92 Å². The topological polar surface area (TPSA) is 63.4 Å². The number of nitrogens with two attached hydrogens (primary N) is 1. The highest BCUT2D eigenvalue weighted by Crippen LogP contribution is 2.30. The number of hydrogen-bond acceptors (Lipinski definition) is 3. The van der Waals surface area contributed by atoms with E-state index in [4.69, 9.17) is 5.73 Å². The summed E-state index contributed by atoms with van der Waals surface area (Å²) in [6, 6.07) is 3.56. The number of nitrogen functional groups attached to an aromatic ring is 1. The number of rotatable bonds is 2. The van der Waals surface area contributed by atoms with Crippen LogP contribution in [0, 0.1) is 19.8 Å². The Morgan fingerprint density at radius 2 is 1.90 bits per heavy atom. The molecule has 1 unspecified atom stereocenters. The second kappa shape index (κ2) is 5.74. The Hall–Kier alpha value is -1.07. The Bertz CT molecular complexity index is 596. The van der Waals surface area contributed by atoms with Crippen LogP contribution in [-0.2, 0) is 10.0 Å². The number of aryl methyl sites for hydroxylation is 1. The summed E-state index contributed by atoms with van der Waals surface area (Å²) in [4.78, 5) is 0.298. The minimum Gasteiger partial charge on any atom is -0.398 e. The van der Waals surface area contributed by atoms with Crippen molar-refractivity contribution in [1.29, 1.82) is 0 Å². The molecule has 1 aliphatic rings. The van der Waals surface area contributed by atoms with Crippen LogP contribution in [0.4, 0.5) is 5.69 Å². The molecule has 20 heavy (non-hydrogen) atoms. The van der Waals surface area contributed by atoms with Gasteiger partial charge in [-0.3, -0.25) is 0 Å². The first-order chi connectivity index (χ1) is 9.34. The van der Waals surface area contributed by atoms with Crippen LogP contribution in [-0.4, -0.2) is 25.8 Å². The Morgan fingerprint density at radius 1 is 1.20 bits per heavy atom. The van der Waals surface area contributed by atoms with Crippen LogP contribution in [0.2, 0.25) is 0 Å². The van der Waals surface area contributed by atoms with E-state index in [9.17, 15) is 8.42 Å². The van der Waals surface area contributed by atoms with Crippen LogP contribution in [0.5, 0.6) is 0 Å². The van der Waals surface area contributed by atoms with Crippen molar-refractivity contribution in [3.8, 4) is 0 Å². The molecule has 1 aromatic rings. The fraction of sp³-hybridized carbons (Fsp3) is 0.600. The Labute approximate surface area is 122 Å². The molecule has 0 saturated carbocycles. The maximum Gasteiger partial charge on any atom is 0.245 e. The molecule has 2 rings (SSSR count). The predicted octanol–water partition coefficient (Wildman–Crippen LogP) is 2.70. The molecule has 0 amide bonds. The van der Waals surface area contributed by atoms with Crippen LogP contribution in [0.1, 0.15) is 37.3 Å². The van der Waals surface area contributed by atoms with Crippen molar-refractivity contribution >= 4 is 15.7 Å². The monoisotopic (exact) mass is 296 g/mol. The lowest BCUT2D eigenvalue weighted by atomic mass is 10.0. The largest absolute Gasteiger partial charge is 0.398 e. The molecule has 1 saturated heterocycles. The molecule has 1 aromatic carbocycles. The molecule has 0 bridgehead atoms. The van der Waals surface area contributed by atoms with E-state index in [0.29, 0.717) is 29.6 Å². The van der Waals surface area contributed by atoms with Crippen LogP contribution in [0.15, 0.2) is 17.0 Å². The molecule has 112 valence electrons. The predicted molar refractivity (Wildman–Crippen MR) is 82.1 cm³/mol. The molecule has 1 atom stereocenters.